The number of aromatic nitrogens is 1. The molecule has 0 aliphatic heterocycles. The average molecular weight is 191 g/mol. The highest BCUT2D eigenvalue weighted by Crippen LogP contribution is 2.31. The Bertz CT molecular complexity index is 307. The van der Waals surface area contributed by atoms with Gasteiger partial charge in [0.25, 0.3) is 0 Å². The van der Waals surface area contributed by atoms with Gasteiger partial charge >= 0.3 is 0 Å². The van der Waals surface area contributed by atoms with Crippen molar-refractivity contribution in [3.8, 4) is 0 Å². The van der Waals surface area contributed by atoms with E-state index < -0.39 is 0 Å². The van der Waals surface area contributed by atoms with Gasteiger partial charge in [-0.05, 0) is 31.7 Å². The number of hydrogen-bond donors (Lipinski definition) is 1. The Labute approximate surface area is 84.9 Å². The van der Waals surface area contributed by atoms with Gasteiger partial charge in [0, 0.05) is 19.3 Å². The Balaban J connectivity index is 2.08. The summed E-state index contributed by atoms with van der Waals surface area (Å²) >= 11 is 0. The van der Waals surface area contributed by atoms with E-state index in [1.54, 1.807) is 6.20 Å². The first-order valence-corrected chi connectivity index (χ1v) is 5.25. The van der Waals surface area contributed by atoms with Crippen LogP contribution in [0.2, 0.25) is 0 Å². The number of pyridine rings is 1. The van der Waals surface area contributed by atoms with Crippen LogP contribution in [0, 0.1) is 5.92 Å². The van der Waals surface area contributed by atoms with E-state index >= 15 is 0 Å². The summed E-state index contributed by atoms with van der Waals surface area (Å²) in [5.74, 6) is 0.899. The van der Waals surface area contributed by atoms with Crippen LogP contribution in [0.4, 0.5) is 11.4 Å². The second kappa shape index (κ2) is 3.86. The van der Waals surface area contributed by atoms with E-state index in [0.29, 0.717) is 0 Å². The molecule has 0 spiro atoms. The van der Waals surface area contributed by atoms with E-state index in [0.717, 1.165) is 30.4 Å². The van der Waals surface area contributed by atoms with Gasteiger partial charge in [0.15, 0.2) is 0 Å². The SMILES string of the molecule is CCN(CC1CC1)c1cncc(N)c1. The molecule has 1 aromatic heterocycles. The zero-order chi connectivity index (χ0) is 9.97. The minimum atomic E-state index is 0.747. The molecule has 3 heteroatoms. The summed E-state index contributed by atoms with van der Waals surface area (Å²) in [6.45, 7) is 4.36. The van der Waals surface area contributed by atoms with Crippen molar-refractivity contribution < 1.29 is 0 Å². The molecular weight excluding hydrogens is 174 g/mol. The molecule has 0 amide bonds. The van der Waals surface area contributed by atoms with E-state index in [-0.39, 0.29) is 0 Å². The minimum Gasteiger partial charge on any atom is -0.397 e. The maximum Gasteiger partial charge on any atom is 0.0573 e. The summed E-state index contributed by atoms with van der Waals surface area (Å²) in [6, 6.07) is 2.00. The van der Waals surface area contributed by atoms with Crippen LogP contribution in [0.1, 0.15) is 19.8 Å². The van der Waals surface area contributed by atoms with Crippen LogP contribution in [0.5, 0.6) is 0 Å². The van der Waals surface area contributed by atoms with Crippen molar-refractivity contribution in [2.24, 2.45) is 5.92 Å². The largest absolute Gasteiger partial charge is 0.397 e. The molecule has 0 atom stereocenters. The molecule has 1 heterocycles. The average Bonchev–Trinajstić information content (AvgIpc) is 2.98. The van der Waals surface area contributed by atoms with Crippen molar-refractivity contribution in [3.63, 3.8) is 0 Å². The van der Waals surface area contributed by atoms with E-state index in [1.807, 2.05) is 12.3 Å². The van der Waals surface area contributed by atoms with Crippen molar-refractivity contribution in [1.29, 1.82) is 0 Å². The van der Waals surface area contributed by atoms with Crippen LogP contribution in [-0.2, 0) is 0 Å². The first-order chi connectivity index (χ1) is 6.79. The number of nitrogens with two attached hydrogens (primary N) is 1. The van der Waals surface area contributed by atoms with Crippen LogP contribution < -0.4 is 10.6 Å². The van der Waals surface area contributed by atoms with Gasteiger partial charge < -0.3 is 10.6 Å². The van der Waals surface area contributed by atoms with Crippen LogP contribution in [0.25, 0.3) is 0 Å². The number of nitrogens with zero attached hydrogens (tertiary/aromatic N) is 2. The molecule has 0 unspecified atom stereocenters. The van der Waals surface area contributed by atoms with Gasteiger partial charge in [-0.15, -0.1) is 0 Å². The van der Waals surface area contributed by atoms with Gasteiger partial charge in [0.1, 0.15) is 0 Å². The lowest BCUT2D eigenvalue weighted by atomic mass is 10.3. The van der Waals surface area contributed by atoms with Crippen LogP contribution >= 0.6 is 0 Å². The highest BCUT2D eigenvalue weighted by molar-refractivity contribution is 5.53. The Kier molecular flexibility index (Phi) is 2.57. The van der Waals surface area contributed by atoms with Crippen molar-refractivity contribution in [1.82, 2.24) is 4.98 Å². The van der Waals surface area contributed by atoms with E-state index in [9.17, 15) is 0 Å². The number of anilines is 2. The predicted octanol–water partition coefficient (Wildman–Crippen LogP) is 1.90. The van der Waals surface area contributed by atoms with E-state index in [1.165, 1.54) is 12.8 Å². The van der Waals surface area contributed by atoms with Crippen molar-refractivity contribution >= 4 is 11.4 Å². The predicted molar refractivity (Wildman–Crippen MR) is 59.3 cm³/mol. The van der Waals surface area contributed by atoms with Crippen LogP contribution in [0.3, 0.4) is 0 Å². The molecule has 2 N–H and O–H groups in total. The lowest BCUT2D eigenvalue weighted by Crippen LogP contribution is -2.25. The maximum atomic E-state index is 5.71. The summed E-state index contributed by atoms with van der Waals surface area (Å²) in [4.78, 5) is 6.46. The van der Waals surface area contributed by atoms with E-state index in [2.05, 4.69) is 16.8 Å². The van der Waals surface area contributed by atoms with Crippen molar-refractivity contribution in [3.05, 3.63) is 18.5 Å². The molecule has 0 saturated heterocycles. The quantitative estimate of drug-likeness (QED) is 0.790. The third-order valence-corrected chi connectivity index (χ3v) is 2.67. The van der Waals surface area contributed by atoms with Gasteiger partial charge in [0.2, 0.25) is 0 Å². The lowest BCUT2D eigenvalue weighted by Gasteiger charge is -2.22. The molecule has 1 aliphatic carbocycles. The van der Waals surface area contributed by atoms with Crippen LogP contribution in [0.15, 0.2) is 18.5 Å². The summed E-state index contributed by atoms with van der Waals surface area (Å²) in [5.41, 5.74) is 7.61. The molecule has 1 aromatic rings. The molecule has 2 rings (SSSR count). The standard InChI is InChI=1S/C11H17N3/c1-2-14(8-9-3-4-9)11-5-10(12)6-13-7-11/h5-7,9H,2-4,8,12H2,1H3. The third kappa shape index (κ3) is 2.16. The second-order valence-corrected chi connectivity index (χ2v) is 3.96. The molecule has 3 nitrogen and oxygen atoms in total. The summed E-state index contributed by atoms with van der Waals surface area (Å²) in [6.07, 6.45) is 6.34. The zero-order valence-corrected chi connectivity index (χ0v) is 8.61. The molecular formula is C11H17N3. The zero-order valence-electron chi connectivity index (χ0n) is 8.61. The van der Waals surface area contributed by atoms with E-state index in [4.69, 9.17) is 5.73 Å². The fourth-order valence-corrected chi connectivity index (χ4v) is 1.65. The normalized spacial score (nSPS) is 15.5. The number of hydrogen-bond acceptors (Lipinski definition) is 3. The Morgan fingerprint density at radius 1 is 1.50 bits per heavy atom. The van der Waals surface area contributed by atoms with Gasteiger partial charge in [-0.25, -0.2) is 0 Å². The van der Waals surface area contributed by atoms with Crippen LogP contribution in [-0.4, -0.2) is 18.1 Å². The summed E-state index contributed by atoms with van der Waals surface area (Å²) in [5, 5.41) is 0. The third-order valence-electron chi connectivity index (χ3n) is 2.67. The monoisotopic (exact) mass is 191 g/mol. The molecule has 0 radical (unpaired) electrons. The van der Waals surface area contributed by atoms with Gasteiger partial charge in [0.05, 0.1) is 17.6 Å². The second-order valence-electron chi connectivity index (χ2n) is 3.96. The molecule has 1 aliphatic rings. The Hall–Kier alpha value is -1.25. The summed E-state index contributed by atoms with van der Waals surface area (Å²) in [7, 11) is 0. The molecule has 1 saturated carbocycles. The smallest absolute Gasteiger partial charge is 0.0573 e. The number of rotatable bonds is 4. The minimum absolute atomic E-state index is 0.747. The first-order valence-electron chi connectivity index (χ1n) is 5.25. The van der Waals surface area contributed by atoms with Gasteiger partial charge in [-0.3, -0.25) is 4.98 Å². The Morgan fingerprint density at radius 2 is 2.29 bits per heavy atom. The molecule has 0 bridgehead atoms. The fourth-order valence-electron chi connectivity index (χ4n) is 1.65. The topological polar surface area (TPSA) is 42.2 Å². The van der Waals surface area contributed by atoms with Gasteiger partial charge in [-0.2, -0.15) is 0 Å². The van der Waals surface area contributed by atoms with Crippen molar-refractivity contribution in [2.75, 3.05) is 23.7 Å². The first kappa shape index (κ1) is 9.31. The molecule has 14 heavy (non-hydrogen) atoms. The van der Waals surface area contributed by atoms with Crippen molar-refractivity contribution in [2.45, 2.75) is 19.8 Å². The molecule has 1 fully saturated rings. The maximum absolute atomic E-state index is 5.71. The highest BCUT2D eigenvalue weighted by atomic mass is 15.1. The highest BCUT2D eigenvalue weighted by Gasteiger charge is 2.23. The summed E-state index contributed by atoms with van der Waals surface area (Å²) < 4.78 is 0. The number of nitrogen functional groups attached to an aromatic ring is 1. The van der Waals surface area contributed by atoms with Gasteiger partial charge in [-0.1, -0.05) is 0 Å². The Morgan fingerprint density at radius 3 is 2.86 bits per heavy atom. The fraction of sp³-hybridized carbons (Fsp3) is 0.545. The lowest BCUT2D eigenvalue weighted by molar-refractivity contribution is 0.741. The molecule has 0 aromatic carbocycles. The molecule has 76 valence electrons.